The Labute approximate surface area is 167 Å². The van der Waals surface area contributed by atoms with E-state index in [2.05, 4.69) is 16.4 Å². The molecule has 6 nitrogen and oxygen atoms in total. The van der Waals surface area contributed by atoms with E-state index in [0.717, 1.165) is 34.9 Å². The summed E-state index contributed by atoms with van der Waals surface area (Å²) in [7, 11) is 0. The molecule has 2 N–H and O–H groups in total. The van der Waals surface area contributed by atoms with Crippen molar-refractivity contribution in [1.29, 1.82) is 0 Å². The van der Waals surface area contributed by atoms with Gasteiger partial charge in [0.2, 0.25) is 0 Å². The lowest BCUT2D eigenvalue weighted by Crippen LogP contribution is -2.30. The van der Waals surface area contributed by atoms with E-state index in [1.54, 1.807) is 12.1 Å². The third kappa shape index (κ3) is 4.16. The van der Waals surface area contributed by atoms with Gasteiger partial charge in [0.1, 0.15) is 11.3 Å². The predicted molar refractivity (Wildman–Crippen MR) is 112 cm³/mol. The molecule has 0 saturated carbocycles. The molecule has 4 aromatic rings. The summed E-state index contributed by atoms with van der Waals surface area (Å²) in [6, 6.07) is 14.9. The summed E-state index contributed by atoms with van der Waals surface area (Å²) in [5.41, 5.74) is 3.26. The molecule has 29 heavy (non-hydrogen) atoms. The second-order valence-corrected chi connectivity index (χ2v) is 6.85. The highest BCUT2D eigenvalue weighted by Crippen LogP contribution is 2.23. The van der Waals surface area contributed by atoms with Gasteiger partial charge in [-0.25, -0.2) is 4.79 Å². The van der Waals surface area contributed by atoms with Gasteiger partial charge < -0.3 is 19.5 Å². The van der Waals surface area contributed by atoms with E-state index >= 15 is 0 Å². The molecular formula is C23H22N2O4. The van der Waals surface area contributed by atoms with E-state index in [4.69, 9.17) is 9.15 Å². The van der Waals surface area contributed by atoms with Gasteiger partial charge in [0.15, 0.2) is 6.61 Å². The molecule has 0 saturated heterocycles. The molecule has 1 amide bonds. The van der Waals surface area contributed by atoms with Gasteiger partial charge in [-0.2, -0.15) is 0 Å². The van der Waals surface area contributed by atoms with Gasteiger partial charge >= 0.3 is 5.63 Å². The molecule has 6 heteroatoms. The first-order valence-corrected chi connectivity index (χ1v) is 9.65. The summed E-state index contributed by atoms with van der Waals surface area (Å²) in [5, 5.41) is 4.92. The van der Waals surface area contributed by atoms with Gasteiger partial charge in [0, 0.05) is 41.2 Å². The van der Waals surface area contributed by atoms with Crippen LogP contribution in [0.3, 0.4) is 0 Å². The molecule has 0 aliphatic rings. The van der Waals surface area contributed by atoms with Crippen molar-refractivity contribution in [1.82, 2.24) is 10.3 Å². The second kappa shape index (κ2) is 8.22. The number of aryl methyl sites for hydroxylation is 1. The van der Waals surface area contributed by atoms with Crippen molar-refractivity contribution in [3.8, 4) is 5.75 Å². The number of benzene rings is 2. The van der Waals surface area contributed by atoms with Crippen LogP contribution in [0.5, 0.6) is 5.75 Å². The fourth-order valence-electron chi connectivity index (χ4n) is 3.47. The van der Waals surface area contributed by atoms with Gasteiger partial charge in [0.05, 0.1) is 0 Å². The van der Waals surface area contributed by atoms with Crippen LogP contribution in [0, 0.1) is 0 Å². The first-order chi connectivity index (χ1) is 14.1. The first kappa shape index (κ1) is 18.8. The summed E-state index contributed by atoms with van der Waals surface area (Å²) in [4.78, 5) is 27.0. The minimum absolute atomic E-state index is 0.100. The highest BCUT2D eigenvalue weighted by atomic mass is 16.5. The van der Waals surface area contributed by atoms with Crippen LogP contribution in [0.25, 0.3) is 21.9 Å². The fourth-order valence-corrected chi connectivity index (χ4v) is 3.47. The van der Waals surface area contributed by atoms with Crippen molar-refractivity contribution in [2.45, 2.75) is 19.8 Å². The van der Waals surface area contributed by atoms with Crippen LogP contribution in [-0.4, -0.2) is 24.0 Å². The molecule has 0 unspecified atom stereocenters. The Bertz CT molecular complexity index is 1220. The monoisotopic (exact) mass is 390 g/mol. The van der Waals surface area contributed by atoms with Gasteiger partial charge in [-0.1, -0.05) is 25.1 Å². The smallest absolute Gasteiger partial charge is 0.336 e. The van der Waals surface area contributed by atoms with Crippen LogP contribution < -0.4 is 15.7 Å². The number of carbonyl (C=O) groups excluding carboxylic acids is 1. The Balaban J connectivity index is 1.33. The lowest BCUT2D eigenvalue weighted by Gasteiger charge is -2.09. The lowest BCUT2D eigenvalue weighted by molar-refractivity contribution is -0.123. The molecule has 2 aromatic carbocycles. The zero-order valence-electron chi connectivity index (χ0n) is 16.2. The van der Waals surface area contributed by atoms with Gasteiger partial charge in [-0.15, -0.1) is 0 Å². The fraction of sp³-hybridized carbons (Fsp3) is 0.217. The Kier molecular flexibility index (Phi) is 5.33. The number of nitrogens with one attached hydrogen (secondary N) is 2. The molecule has 0 bridgehead atoms. The Morgan fingerprint density at radius 3 is 2.83 bits per heavy atom. The summed E-state index contributed by atoms with van der Waals surface area (Å²) in [6.07, 6.45) is 3.44. The number of rotatable bonds is 7. The maximum Gasteiger partial charge on any atom is 0.336 e. The highest BCUT2D eigenvalue weighted by molar-refractivity contribution is 5.83. The molecule has 0 aliphatic carbocycles. The van der Waals surface area contributed by atoms with E-state index in [1.807, 2.05) is 37.4 Å². The van der Waals surface area contributed by atoms with Gasteiger partial charge in [-0.05, 0) is 42.2 Å². The number of ether oxygens (including phenoxy) is 1. The SMILES string of the molecule is CCc1cc(=O)oc2cc(OCC(=O)NCCc3c[nH]c4ccccc34)ccc12. The van der Waals surface area contributed by atoms with Crippen LogP contribution >= 0.6 is 0 Å². The second-order valence-electron chi connectivity index (χ2n) is 6.85. The zero-order chi connectivity index (χ0) is 20.2. The number of carbonyl (C=O) groups is 1. The Morgan fingerprint density at radius 2 is 1.97 bits per heavy atom. The highest BCUT2D eigenvalue weighted by Gasteiger charge is 2.08. The van der Waals surface area contributed by atoms with E-state index in [0.29, 0.717) is 17.9 Å². The number of fused-ring (bicyclic) bond motifs is 2. The van der Waals surface area contributed by atoms with Crippen molar-refractivity contribution in [3.63, 3.8) is 0 Å². The molecule has 4 rings (SSSR count). The predicted octanol–water partition coefficient (Wildman–Crippen LogP) is 3.57. The Hall–Kier alpha value is -3.54. The van der Waals surface area contributed by atoms with E-state index in [-0.39, 0.29) is 18.1 Å². The number of para-hydroxylation sites is 1. The lowest BCUT2D eigenvalue weighted by atomic mass is 10.1. The number of H-pyrrole nitrogens is 1. The molecule has 0 atom stereocenters. The van der Waals surface area contributed by atoms with Crippen molar-refractivity contribution in [2.24, 2.45) is 0 Å². The molecule has 2 aromatic heterocycles. The molecule has 0 radical (unpaired) electrons. The number of hydrogen-bond donors (Lipinski definition) is 2. The standard InChI is InChI=1S/C23H22N2O4/c1-2-15-11-23(27)29-21-12-17(7-8-19(15)21)28-14-22(26)24-10-9-16-13-25-20-6-4-3-5-18(16)20/h3-8,11-13,25H,2,9-10,14H2,1H3,(H,24,26). The zero-order valence-corrected chi connectivity index (χ0v) is 16.2. The van der Waals surface area contributed by atoms with Crippen molar-refractivity contribution >= 4 is 27.8 Å². The first-order valence-electron chi connectivity index (χ1n) is 9.65. The summed E-state index contributed by atoms with van der Waals surface area (Å²) >= 11 is 0. The molecule has 148 valence electrons. The molecule has 0 aliphatic heterocycles. The normalized spacial score (nSPS) is 11.1. The third-order valence-corrected chi connectivity index (χ3v) is 4.94. The van der Waals surface area contributed by atoms with Crippen molar-refractivity contribution in [3.05, 3.63) is 76.3 Å². The number of aromatic nitrogens is 1. The van der Waals surface area contributed by atoms with Crippen LogP contribution in [0.4, 0.5) is 0 Å². The molecule has 0 spiro atoms. The van der Waals surface area contributed by atoms with Crippen LogP contribution in [0.1, 0.15) is 18.1 Å². The summed E-state index contributed by atoms with van der Waals surface area (Å²) in [6.45, 7) is 2.41. The maximum atomic E-state index is 12.1. The largest absolute Gasteiger partial charge is 0.484 e. The quantitative estimate of drug-likeness (QED) is 0.473. The minimum atomic E-state index is -0.387. The average molecular weight is 390 g/mol. The van der Waals surface area contributed by atoms with E-state index in [1.165, 1.54) is 11.5 Å². The van der Waals surface area contributed by atoms with E-state index < -0.39 is 0 Å². The summed E-state index contributed by atoms with van der Waals surface area (Å²) in [5.74, 6) is 0.286. The minimum Gasteiger partial charge on any atom is -0.484 e. The molecular weight excluding hydrogens is 368 g/mol. The van der Waals surface area contributed by atoms with Crippen LogP contribution in [0.2, 0.25) is 0 Å². The third-order valence-electron chi connectivity index (χ3n) is 4.94. The van der Waals surface area contributed by atoms with Gasteiger partial charge in [0.25, 0.3) is 5.91 Å². The van der Waals surface area contributed by atoms with E-state index in [9.17, 15) is 9.59 Å². The topological polar surface area (TPSA) is 84.3 Å². The Morgan fingerprint density at radius 1 is 1.10 bits per heavy atom. The number of amides is 1. The van der Waals surface area contributed by atoms with Crippen molar-refractivity contribution < 1.29 is 13.9 Å². The van der Waals surface area contributed by atoms with Gasteiger partial charge in [-0.3, -0.25) is 4.79 Å². The molecule has 2 heterocycles. The molecule has 0 fully saturated rings. The van der Waals surface area contributed by atoms with Crippen LogP contribution in [0.15, 0.2) is 63.9 Å². The summed E-state index contributed by atoms with van der Waals surface area (Å²) < 4.78 is 10.8. The number of aromatic amines is 1. The van der Waals surface area contributed by atoms with Crippen molar-refractivity contribution in [2.75, 3.05) is 13.2 Å². The number of hydrogen-bond acceptors (Lipinski definition) is 4. The van der Waals surface area contributed by atoms with Crippen LogP contribution in [-0.2, 0) is 17.6 Å². The average Bonchev–Trinajstić information content (AvgIpc) is 3.14. The maximum absolute atomic E-state index is 12.1.